The fourth-order valence-corrected chi connectivity index (χ4v) is 5.55. The van der Waals surface area contributed by atoms with Gasteiger partial charge in [0.2, 0.25) is 5.91 Å². The minimum Gasteiger partial charge on any atom is -0.379 e. The first-order valence-electron chi connectivity index (χ1n) is 13.5. The van der Waals surface area contributed by atoms with Crippen LogP contribution in [-0.2, 0) is 9.53 Å². The number of H-pyrrole nitrogens is 1. The van der Waals surface area contributed by atoms with Gasteiger partial charge in [-0.25, -0.2) is 9.80 Å². The Morgan fingerprint density at radius 3 is 2.61 bits per heavy atom. The van der Waals surface area contributed by atoms with Crippen molar-refractivity contribution in [2.75, 3.05) is 65.3 Å². The number of nitrogens with zero attached hydrogens (tertiary/aromatic N) is 4. The molecule has 11 nitrogen and oxygen atoms in total. The Morgan fingerprint density at radius 2 is 1.87 bits per heavy atom. The Bertz CT molecular complexity index is 1180. The highest BCUT2D eigenvalue weighted by molar-refractivity contribution is 6.25. The van der Waals surface area contributed by atoms with E-state index in [1.54, 1.807) is 11.1 Å². The number of hydrogen-bond donors (Lipinski definition) is 3. The third kappa shape index (κ3) is 5.59. The molecule has 3 N–H and O–H groups in total. The van der Waals surface area contributed by atoms with Gasteiger partial charge >= 0.3 is 6.03 Å². The van der Waals surface area contributed by atoms with Crippen molar-refractivity contribution < 1.29 is 19.1 Å². The van der Waals surface area contributed by atoms with Crippen molar-refractivity contribution in [3.05, 3.63) is 35.0 Å². The standard InChI is InChI=1S/C27H37N7O4/c1-32(2)11-4-3-8-21(35)33-12-9-18(10-13-33)24-23-25(30-29-24)19-6-5-7-20(22(19)26(23)36)28-27(37)31-34-14-16-38-17-15-34/h5-7,18H,3-4,8-17H2,1-2H3,(H,29,30)(H2,28,31,37). The van der Waals surface area contributed by atoms with Crippen molar-refractivity contribution in [3.8, 4) is 11.3 Å². The Balaban J connectivity index is 1.22. The van der Waals surface area contributed by atoms with Crippen LogP contribution in [0, 0.1) is 0 Å². The lowest BCUT2D eigenvalue weighted by molar-refractivity contribution is -0.132. The average molecular weight is 524 g/mol. The van der Waals surface area contributed by atoms with Gasteiger partial charge in [0.15, 0.2) is 5.78 Å². The maximum absolute atomic E-state index is 13.6. The summed E-state index contributed by atoms with van der Waals surface area (Å²) in [6.45, 7) is 4.70. The molecule has 5 rings (SSSR count). The van der Waals surface area contributed by atoms with Gasteiger partial charge in [0, 0.05) is 44.1 Å². The van der Waals surface area contributed by atoms with Gasteiger partial charge in [0.1, 0.15) is 5.69 Å². The van der Waals surface area contributed by atoms with E-state index >= 15 is 0 Å². The topological polar surface area (TPSA) is 123 Å². The van der Waals surface area contributed by atoms with E-state index in [1.165, 1.54) is 0 Å². The van der Waals surface area contributed by atoms with E-state index in [-0.39, 0.29) is 17.6 Å². The Kier molecular flexibility index (Phi) is 8.06. The van der Waals surface area contributed by atoms with Crippen molar-refractivity contribution in [3.63, 3.8) is 0 Å². The number of fused-ring (bicyclic) bond motifs is 3. The lowest BCUT2D eigenvalue weighted by Gasteiger charge is -2.32. The number of aromatic amines is 1. The molecule has 0 radical (unpaired) electrons. The number of ketones is 1. The summed E-state index contributed by atoms with van der Waals surface area (Å²) in [5.74, 6) is 0.218. The molecule has 0 bridgehead atoms. The molecule has 2 saturated heterocycles. The van der Waals surface area contributed by atoms with Gasteiger partial charge in [-0.3, -0.25) is 20.1 Å². The molecule has 204 valence electrons. The molecule has 0 atom stereocenters. The summed E-state index contributed by atoms with van der Waals surface area (Å²) < 4.78 is 5.32. The van der Waals surface area contributed by atoms with Gasteiger partial charge in [0.25, 0.3) is 0 Å². The van der Waals surface area contributed by atoms with Crippen LogP contribution in [0.5, 0.6) is 0 Å². The van der Waals surface area contributed by atoms with E-state index in [0.717, 1.165) is 43.5 Å². The molecule has 0 spiro atoms. The molecule has 0 unspecified atom stereocenters. The predicted octanol–water partition coefficient (Wildman–Crippen LogP) is 2.43. The Morgan fingerprint density at radius 1 is 1.11 bits per heavy atom. The summed E-state index contributed by atoms with van der Waals surface area (Å²) in [5, 5.41) is 12.3. The molecule has 11 heteroatoms. The lowest BCUT2D eigenvalue weighted by atomic mass is 9.90. The smallest absolute Gasteiger partial charge is 0.333 e. The Hall–Kier alpha value is -3.28. The predicted molar refractivity (Wildman–Crippen MR) is 143 cm³/mol. The fraction of sp³-hybridized carbons (Fsp3) is 0.556. The minimum atomic E-state index is -0.391. The van der Waals surface area contributed by atoms with Crippen molar-refractivity contribution in [1.29, 1.82) is 0 Å². The van der Waals surface area contributed by atoms with E-state index in [4.69, 9.17) is 4.74 Å². The summed E-state index contributed by atoms with van der Waals surface area (Å²) in [5.41, 5.74) is 6.56. The second kappa shape index (κ2) is 11.6. The number of hydrazine groups is 1. The first-order chi connectivity index (χ1) is 18.4. The van der Waals surface area contributed by atoms with Gasteiger partial charge < -0.3 is 19.9 Å². The summed E-state index contributed by atoms with van der Waals surface area (Å²) in [4.78, 5) is 43.0. The number of rotatable bonds is 8. The number of nitrogens with one attached hydrogen (secondary N) is 3. The number of morpholine rings is 1. The highest BCUT2D eigenvalue weighted by Crippen LogP contribution is 2.43. The summed E-state index contributed by atoms with van der Waals surface area (Å²) in [7, 11) is 4.09. The number of unbranched alkanes of at least 4 members (excludes halogenated alkanes) is 1. The quantitative estimate of drug-likeness (QED) is 0.388. The molecule has 1 aromatic carbocycles. The van der Waals surface area contributed by atoms with Crippen LogP contribution in [0.25, 0.3) is 11.3 Å². The molecule has 2 aliphatic heterocycles. The first kappa shape index (κ1) is 26.3. The summed E-state index contributed by atoms with van der Waals surface area (Å²) >= 11 is 0. The molecular formula is C27H37N7O4. The number of benzene rings is 1. The third-order valence-corrected chi connectivity index (χ3v) is 7.59. The zero-order chi connectivity index (χ0) is 26.6. The molecule has 38 heavy (non-hydrogen) atoms. The molecule has 0 saturated carbocycles. The van der Waals surface area contributed by atoms with Gasteiger partial charge in [-0.2, -0.15) is 5.10 Å². The molecule has 1 aromatic heterocycles. The van der Waals surface area contributed by atoms with Crippen molar-refractivity contribution in [2.24, 2.45) is 0 Å². The van der Waals surface area contributed by atoms with Crippen LogP contribution in [0.3, 0.4) is 0 Å². The number of carbonyl (C=O) groups excluding carboxylic acids is 3. The second-order valence-electron chi connectivity index (χ2n) is 10.5. The molecular weight excluding hydrogens is 486 g/mol. The van der Waals surface area contributed by atoms with Crippen molar-refractivity contribution >= 4 is 23.4 Å². The van der Waals surface area contributed by atoms with Crippen LogP contribution in [-0.4, -0.2) is 103 Å². The third-order valence-electron chi connectivity index (χ3n) is 7.59. The van der Waals surface area contributed by atoms with Crippen LogP contribution >= 0.6 is 0 Å². The van der Waals surface area contributed by atoms with E-state index in [9.17, 15) is 14.4 Å². The fourth-order valence-electron chi connectivity index (χ4n) is 5.55. The van der Waals surface area contributed by atoms with E-state index in [0.29, 0.717) is 68.3 Å². The number of piperidine rings is 1. The molecule has 3 heterocycles. The molecule has 3 amide bonds. The van der Waals surface area contributed by atoms with Crippen LogP contribution in [0.2, 0.25) is 0 Å². The van der Waals surface area contributed by atoms with Gasteiger partial charge in [-0.05, 0) is 52.4 Å². The normalized spacial score (nSPS) is 18.0. The van der Waals surface area contributed by atoms with Gasteiger partial charge in [-0.15, -0.1) is 0 Å². The summed E-state index contributed by atoms with van der Waals surface area (Å²) in [6, 6.07) is 5.04. The van der Waals surface area contributed by atoms with Crippen LogP contribution in [0.15, 0.2) is 18.2 Å². The SMILES string of the molecule is CN(C)CCCCC(=O)N1CCC(c2[nH]nc3c2C(=O)c2c(NC(=O)NN4CCOCC4)cccc2-3)CC1. The van der Waals surface area contributed by atoms with Crippen LogP contribution in [0.1, 0.15) is 59.6 Å². The Labute approximate surface area is 222 Å². The number of hydrogen-bond acceptors (Lipinski definition) is 7. The highest BCUT2D eigenvalue weighted by Gasteiger charge is 2.37. The largest absolute Gasteiger partial charge is 0.379 e. The maximum Gasteiger partial charge on any atom is 0.333 e. The number of anilines is 1. The van der Waals surface area contributed by atoms with E-state index in [1.807, 2.05) is 31.1 Å². The van der Waals surface area contributed by atoms with Gasteiger partial charge in [-0.1, -0.05) is 12.1 Å². The highest BCUT2D eigenvalue weighted by atomic mass is 16.5. The maximum atomic E-state index is 13.6. The number of urea groups is 1. The molecule has 3 aliphatic rings. The zero-order valence-corrected chi connectivity index (χ0v) is 22.2. The molecule has 1 aliphatic carbocycles. The van der Waals surface area contributed by atoms with E-state index < -0.39 is 6.03 Å². The van der Waals surface area contributed by atoms with E-state index in [2.05, 4.69) is 25.8 Å². The number of amides is 3. The zero-order valence-electron chi connectivity index (χ0n) is 22.2. The number of carbonyl (C=O) groups is 3. The second-order valence-corrected chi connectivity index (χ2v) is 10.5. The van der Waals surface area contributed by atoms with Crippen molar-refractivity contribution in [1.82, 2.24) is 30.4 Å². The lowest BCUT2D eigenvalue weighted by Crippen LogP contribution is -2.49. The average Bonchev–Trinajstić information content (AvgIpc) is 3.47. The number of ether oxygens (including phenoxy) is 1. The minimum absolute atomic E-state index is 0.125. The molecule has 2 aromatic rings. The van der Waals surface area contributed by atoms with Gasteiger partial charge in [0.05, 0.1) is 35.7 Å². The monoisotopic (exact) mass is 523 g/mol. The van der Waals surface area contributed by atoms with Crippen LogP contribution < -0.4 is 10.7 Å². The molecule has 2 fully saturated rings. The number of likely N-dealkylation sites (tertiary alicyclic amines) is 1. The van der Waals surface area contributed by atoms with Crippen molar-refractivity contribution in [2.45, 2.75) is 38.0 Å². The summed E-state index contributed by atoms with van der Waals surface area (Å²) in [6.07, 6.45) is 4.08. The van der Waals surface area contributed by atoms with Crippen LogP contribution in [0.4, 0.5) is 10.5 Å². The number of aromatic nitrogens is 2. The first-order valence-corrected chi connectivity index (χ1v) is 13.5.